The molecule has 1 amide bonds. The normalized spacial score (nSPS) is 17.5. The first-order valence-electron chi connectivity index (χ1n) is 5.95. The summed E-state index contributed by atoms with van der Waals surface area (Å²) in [6, 6.07) is 0.435. The van der Waals surface area contributed by atoms with Gasteiger partial charge in [-0.3, -0.25) is 4.79 Å². The van der Waals surface area contributed by atoms with Gasteiger partial charge in [-0.15, -0.1) is 6.58 Å². The second-order valence-electron chi connectivity index (χ2n) is 3.27. The highest BCUT2D eigenvalue weighted by Gasteiger charge is 2.24. The first kappa shape index (κ1) is 17.3. The second-order valence-corrected chi connectivity index (χ2v) is 3.27. The molecular weight excluding hydrogens is 202 g/mol. The lowest BCUT2D eigenvalue weighted by molar-refractivity contribution is -0.129. The van der Waals surface area contributed by atoms with Crippen molar-refractivity contribution in [2.45, 2.75) is 53.0 Å². The Morgan fingerprint density at radius 3 is 2.38 bits per heavy atom. The van der Waals surface area contributed by atoms with Gasteiger partial charge in [0, 0.05) is 19.5 Å². The Morgan fingerprint density at radius 2 is 2.00 bits per heavy atom. The van der Waals surface area contributed by atoms with Crippen LogP contribution in [-0.2, 0) is 9.59 Å². The van der Waals surface area contributed by atoms with E-state index in [0.717, 1.165) is 32.1 Å². The molecule has 1 aliphatic rings. The lowest BCUT2D eigenvalue weighted by Gasteiger charge is -2.21. The van der Waals surface area contributed by atoms with Gasteiger partial charge in [-0.25, -0.2) is 0 Å². The molecule has 0 spiro atoms. The predicted molar refractivity (Wildman–Crippen MR) is 68.3 cm³/mol. The molecule has 94 valence electrons. The van der Waals surface area contributed by atoms with Gasteiger partial charge in [0.1, 0.15) is 6.29 Å². The van der Waals surface area contributed by atoms with Crippen molar-refractivity contribution in [2.24, 2.45) is 0 Å². The molecule has 3 nitrogen and oxygen atoms in total. The lowest BCUT2D eigenvalue weighted by atomic mass is 10.1. The van der Waals surface area contributed by atoms with Gasteiger partial charge in [0.15, 0.2) is 0 Å². The second kappa shape index (κ2) is 12.0. The molecule has 1 heterocycles. The Morgan fingerprint density at radius 1 is 1.50 bits per heavy atom. The minimum absolute atomic E-state index is 0.203. The van der Waals surface area contributed by atoms with Gasteiger partial charge in [-0.1, -0.05) is 19.9 Å². The maximum absolute atomic E-state index is 11.0. The molecule has 1 fully saturated rings. The van der Waals surface area contributed by atoms with Crippen molar-refractivity contribution in [3.63, 3.8) is 0 Å². The zero-order valence-corrected chi connectivity index (χ0v) is 11.0. The number of rotatable bonds is 2. The third-order valence-corrected chi connectivity index (χ3v) is 2.22. The fourth-order valence-corrected chi connectivity index (χ4v) is 1.69. The van der Waals surface area contributed by atoms with E-state index in [4.69, 9.17) is 4.79 Å². The van der Waals surface area contributed by atoms with Crippen LogP contribution in [0.15, 0.2) is 12.7 Å². The van der Waals surface area contributed by atoms with Crippen molar-refractivity contribution in [3.8, 4) is 0 Å². The quantitative estimate of drug-likeness (QED) is 0.537. The van der Waals surface area contributed by atoms with Crippen LogP contribution in [0.1, 0.15) is 47.0 Å². The van der Waals surface area contributed by atoms with Gasteiger partial charge in [0.25, 0.3) is 0 Å². The number of likely N-dealkylation sites (tertiary alicyclic amines) is 1. The van der Waals surface area contributed by atoms with Crippen molar-refractivity contribution < 1.29 is 9.59 Å². The average molecular weight is 227 g/mol. The summed E-state index contributed by atoms with van der Waals surface area (Å²) in [7, 11) is 0. The Balaban J connectivity index is 0. The van der Waals surface area contributed by atoms with Crippen LogP contribution in [0.25, 0.3) is 0 Å². The van der Waals surface area contributed by atoms with Crippen LogP contribution >= 0.6 is 0 Å². The van der Waals surface area contributed by atoms with Crippen molar-refractivity contribution in [1.29, 1.82) is 0 Å². The number of hydrogen-bond donors (Lipinski definition) is 0. The number of aldehydes is 1. The minimum Gasteiger partial charge on any atom is -0.340 e. The molecule has 1 aliphatic heterocycles. The van der Waals surface area contributed by atoms with E-state index in [1.165, 1.54) is 6.92 Å². The van der Waals surface area contributed by atoms with E-state index in [0.29, 0.717) is 6.04 Å². The SMILES string of the molecule is C=CCC1CCCN1C(C)=O.CC.CC=O. The number of carbonyl (C=O) groups excluding carboxylic acids is 2. The molecule has 1 unspecified atom stereocenters. The van der Waals surface area contributed by atoms with Crippen molar-refractivity contribution in [2.75, 3.05) is 6.54 Å². The topological polar surface area (TPSA) is 37.4 Å². The van der Waals surface area contributed by atoms with Crippen LogP contribution in [0, 0.1) is 0 Å². The number of amides is 1. The van der Waals surface area contributed by atoms with Gasteiger partial charge in [0.2, 0.25) is 5.91 Å². The Bertz CT molecular complexity index is 202. The Labute approximate surface area is 99.5 Å². The molecule has 16 heavy (non-hydrogen) atoms. The highest BCUT2D eigenvalue weighted by Crippen LogP contribution is 2.19. The zero-order valence-electron chi connectivity index (χ0n) is 11.0. The molecule has 0 aliphatic carbocycles. The van der Waals surface area contributed by atoms with Crippen molar-refractivity contribution in [1.82, 2.24) is 4.90 Å². The third kappa shape index (κ3) is 7.21. The summed E-state index contributed by atoms with van der Waals surface area (Å²) in [5.74, 6) is 0.203. The van der Waals surface area contributed by atoms with Gasteiger partial charge >= 0.3 is 0 Å². The van der Waals surface area contributed by atoms with Gasteiger partial charge < -0.3 is 9.69 Å². The van der Waals surface area contributed by atoms with Crippen LogP contribution < -0.4 is 0 Å². The van der Waals surface area contributed by atoms with Crippen LogP contribution in [0.2, 0.25) is 0 Å². The summed E-state index contributed by atoms with van der Waals surface area (Å²) in [4.78, 5) is 21.8. The average Bonchev–Trinajstić information content (AvgIpc) is 2.71. The van der Waals surface area contributed by atoms with Crippen LogP contribution in [0.3, 0.4) is 0 Å². The Kier molecular flexibility index (Phi) is 12.9. The molecular formula is C13H25NO2. The van der Waals surface area contributed by atoms with E-state index in [1.807, 2.05) is 24.8 Å². The number of hydrogen-bond acceptors (Lipinski definition) is 2. The molecule has 0 aromatic rings. The molecule has 0 N–H and O–H groups in total. The van der Waals surface area contributed by atoms with Crippen LogP contribution in [0.4, 0.5) is 0 Å². The van der Waals surface area contributed by atoms with E-state index in [-0.39, 0.29) is 5.91 Å². The van der Waals surface area contributed by atoms with Crippen molar-refractivity contribution in [3.05, 3.63) is 12.7 Å². The molecule has 1 rings (SSSR count). The molecule has 0 radical (unpaired) electrons. The van der Waals surface area contributed by atoms with Crippen molar-refractivity contribution >= 4 is 12.2 Å². The predicted octanol–water partition coefficient (Wildman–Crippen LogP) is 2.80. The van der Waals surface area contributed by atoms with Gasteiger partial charge in [-0.2, -0.15) is 0 Å². The maximum atomic E-state index is 11.0. The number of carbonyl (C=O) groups is 2. The van der Waals surface area contributed by atoms with Gasteiger partial charge in [-0.05, 0) is 26.2 Å². The van der Waals surface area contributed by atoms with E-state index in [2.05, 4.69) is 6.58 Å². The minimum atomic E-state index is 0.203. The summed E-state index contributed by atoms with van der Waals surface area (Å²) in [6.45, 7) is 11.7. The van der Waals surface area contributed by atoms with Crippen LogP contribution in [0.5, 0.6) is 0 Å². The summed E-state index contributed by atoms with van der Waals surface area (Å²) in [6.07, 6.45) is 5.88. The third-order valence-electron chi connectivity index (χ3n) is 2.22. The smallest absolute Gasteiger partial charge is 0.219 e. The molecule has 0 aromatic heterocycles. The highest BCUT2D eigenvalue weighted by molar-refractivity contribution is 5.73. The lowest BCUT2D eigenvalue weighted by Crippen LogP contribution is -2.33. The fourth-order valence-electron chi connectivity index (χ4n) is 1.69. The zero-order chi connectivity index (χ0) is 13.0. The summed E-state index contributed by atoms with van der Waals surface area (Å²) < 4.78 is 0. The first-order chi connectivity index (χ1) is 7.67. The summed E-state index contributed by atoms with van der Waals surface area (Å²) in [5.41, 5.74) is 0. The molecule has 3 heteroatoms. The molecule has 0 bridgehead atoms. The largest absolute Gasteiger partial charge is 0.340 e. The molecule has 0 aromatic carbocycles. The van der Waals surface area contributed by atoms with E-state index in [9.17, 15) is 4.79 Å². The maximum Gasteiger partial charge on any atom is 0.219 e. The first-order valence-corrected chi connectivity index (χ1v) is 5.95. The monoisotopic (exact) mass is 227 g/mol. The summed E-state index contributed by atoms with van der Waals surface area (Å²) >= 11 is 0. The molecule has 1 atom stereocenters. The Hall–Kier alpha value is -1.12. The van der Waals surface area contributed by atoms with Gasteiger partial charge in [0.05, 0.1) is 0 Å². The van der Waals surface area contributed by atoms with Crippen LogP contribution in [-0.4, -0.2) is 29.7 Å². The molecule has 1 saturated heterocycles. The fraction of sp³-hybridized carbons (Fsp3) is 0.692. The van der Waals surface area contributed by atoms with E-state index >= 15 is 0 Å². The number of nitrogens with zero attached hydrogens (tertiary/aromatic N) is 1. The van der Waals surface area contributed by atoms with E-state index < -0.39 is 0 Å². The molecule has 0 saturated carbocycles. The summed E-state index contributed by atoms with van der Waals surface area (Å²) in [5, 5.41) is 0. The van der Waals surface area contributed by atoms with E-state index in [1.54, 1.807) is 6.92 Å². The standard InChI is InChI=1S/C9H15NO.C2H4O.C2H6/c1-3-5-9-6-4-7-10(9)8(2)11;1-2-3;1-2/h3,9H,1,4-7H2,2H3;2H,1H3;1-2H3. The highest BCUT2D eigenvalue weighted by atomic mass is 16.2.